The van der Waals surface area contributed by atoms with Crippen molar-refractivity contribution >= 4 is 5.91 Å². The lowest BCUT2D eigenvalue weighted by molar-refractivity contribution is -0.137. The highest BCUT2D eigenvalue weighted by Crippen LogP contribution is 2.30. The van der Waals surface area contributed by atoms with Crippen LogP contribution in [0.3, 0.4) is 0 Å². The maximum absolute atomic E-state index is 12.8. The van der Waals surface area contributed by atoms with Crippen LogP contribution >= 0.6 is 0 Å². The number of alkyl halides is 3. The third-order valence-corrected chi connectivity index (χ3v) is 4.63. The first-order valence-corrected chi connectivity index (χ1v) is 8.71. The van der Waals surface area contributed by atoms with Crippen LogP contribution in [0.2, 0.25) is 0 Å². The van der Waals surface area contributed by atoms with Crippen molar-refractivity contribution in [3.63, 3.8) is 0 Å². The molecule has 0 unspecified atom stereocenters. The molecule has 1 aromatic carbocycles. The van der Waals surface area contributed by atoms with E-state index in [1.165, 1.54) is 12.1 Å². The molecular formula is C18H21F3N4O2. The molecule has 6 nitrogen and oxygen atoms in total. The molecule has 0 radical (unpaired) electrons. The Balaban J connectivity index is 1.53. The van der Waals surface area contributed by atoms with Crippen molar-refractivity contribution in [3.05, 3.63) is 48.3 Å². The second-order valence-electron chi connectivity index (χ2n) is 6.36. The Kier molecular flexibility index (Phi) is 5.69. The van der Waals surface area contributed by atoms with Crippen LogP contribution in [0, 0.1) is 0 Å². The van der Waals surface area contributed by atoms with E-state index in [1.54, 1.807) is 23.1 Å². The Labute approximate surface area is 154 Å². The SMILES string of the molecule is O=C(NCCOc1ccc(C(F)(F)F)cc1)C1(n2cccn2)CCNCC1. The second kappa shape index (κ2) is 7.99. The van der Waals surface area contributed by atoms with Gasteiger partial charge in [0, 0.05) is 12.4 Å². The number of hydrogen-bond donors (Lipinski definition) is 2. The van der Waals surface area contributed by atoms with Crippen molar-refractivity contribution in [2.45, 2.75) is 24.6 Å². The van der Waals surface area contributed by atoms with Gasteiger partial charge >= 0.3 is 6.18 Å². The lowest BCUT2D eigenvalue weighted by atomic mass is 9.87. The zero-order valence-electron chi connectivity index (χ0n) is 14.6. The van der Waals surface area contributed by atoms with Gasteiger partial charge in [-0.05, 0) is 56.3 Å². The predicted octanol–water partition coefficient (Wildman–Crippen LogP) is 2.18. The van der Waals surface area contributed by atoms with E-state index in [0.29, 0.717) is 18.6 Å². The van der Waals surface area contributed by atoms with Gasteiger partial charge in [-0.3, -0.25) is 9.48 Å². The number of piperidine rings is 1. The summed E-state index contributed by atoms with van der Waals surface area (Å²) in [5.41, 5.74) is -1.46. The van der Waals surface area contributed by atoms with Gasteiger partial charge in [0.1, 0.15) is 17.9 Å². The predicted molar refractivity (Wildman–Crippen MR) is 92.3 cm³/mol. The van der Waals surface area contributed by atoms with E-state index in [1.807, 2.05) is 0 Å². The third kappa shape index (κ3) is 4.41. The summed E-state index contributed by atoms with van der Waals surface area (Å²) in [5, 5.41) is 10.3. The minimum atomic E-state index is -4.37. The van der Waals surface area contributed by atoms with Gasteiger partial charge in [0.2, 0.25) is 5.91 Å². The van der Waals surface area contributed by atoms with Gasteiger partial charge in [-0.1, -0.05) is 0 Å². The van der Waals surface area contributed by atoms with Crippen molar-refractivity contribution in [1.82, 2.24) is 20.4 Å². The zero-order chi connectivity index (χ0) is 19.3. The first-order valence-electron chi connectivity index (χ1n) is 8.71. The number of rotatable bonds is 6. The number of hydrogen-bond acceptors (Lipinski definition) is 4. The number of halogens is 3. The van der Waals surface area contributed by atoms with Crippen molar-refractivity contribution in [3.8, 4) is 5.75 Å². The quantitative estimate of drug-likeness (QED) is 0.752. The monoisotopic (exact) mass is 382 g/mol. The molecule has 2 N–H and O–H groups in total. The van der Waals surface area contributed by atoms with Crippen LogP contribution in [0.25, 0.3) is 0 Å². The van der Waals surface area contributed by atoms with E-state index in [4.69, 9.17) is 4.74 Å². The van der Waals surface area contributed by atoms with Crippen molar-refractivity contribution in [2.75, 3.05) is 26.2 Å². The topological polar surface area (TPSA) is 68.2 Å². The summed E-state index contributed by atoms with van der Waals surface area (Å²) in [4.78, 5) is 12.8. The molecule has 9 heteroatoms. The average Bonchev–Trinajstić information content (AvgIpc) is 3.20. The number of amides is 1. The van der Waals surface area contributed by atoms with Crippen LogP contribution in [0.5, 0.6) is 5.75 Å². The Bertz CT molecular complexity index is 739. The molecule has 1 fully saturated rings. The molecule has 1 amide bonds. The Morgan fingerprint density at radius 1 is 1.26 bits per heavy atom. The molecule has 0 bridgehead atoms. The van der Waals surface area contributed by atoms with Crippen LogP contribution in [0.15, 0.2) is 42.7 Å². The van der Waals surface area contributed by atoms with Gasteiger partial charge in [-0.25, -0.2) is 0 Å². The molecule has 0 atom stereocenters. The molecule has 0 aliphatic carbocycles. The molecule has 0 spiro atoms. The van der Waals surface area contributed by atoms with Crippen molar-refractivity contribution < 1.29 is 22.7 Å². The van der Waals surface area contributed by atoms with Crippen molar-refractivity contribution in [1.29, 1.82) is 0 Å². The fourth-order valence-electron chi connectivity index (χ4n) is 3.16. The second-order valence-corrected chi connectivity index (χ2v) is 6.36. The average molecular weight is 382 g/mol. The normalized spacial score (nSPS) is 16.7. The van der Waals surface area contributed by atoms with Gasteiger partial charge in [-0.2, -0.15) is 18.3 Å². The highest BCUT2D eigenvalue weighted by atomic mass is 19.4. The third-order valence-electron chi connectivity index (χ3n) is 4.63. The van der Waals surface area contributed by atoms with Crippen LogP contribution < -0.4 is 15.4 Å². The van der Waals surface area contributed by atoms with E-state index < -0.39 is 17.3 Å². The lowest BCUT2D eigenvalue weighted by Gasteiger charge is -2.36. The smallest absolute Gasteiger partial charge is 0.416 e. The van der Waals surface area contributed by atoms with Gasteiger partial charge in [-0.15, -0.1) is 0 Å². The van der Waals surface area contributed by atoms with E-state index in [9.17, 15) is 18.0 Å². The maximum Gasteiger partial charge on any atom is 0.416 e. The summed E-state index contributed by atoms with van der Waals surface area (Å²) < 4.78 is 44.7. The summed E-state index contributed by atoms with van der Waals surface area (Å²) >= 11 is 0. The number of aromatic nitrogens is 2. The molecule has 0 saturated carbocycles. The molecule has 1 aliphatic rings. The molecule has 2 heterocycles. The number of carbonyl (C=O) groups excluding carboxylic acids is 1. The Morgan fingerprint density at radius 2 is 1.96 bits per heavy atom. The van der Waals surface area contributed by atoms with Crippen LogP contribution in [-0.2, 0) is 16.5 Å². The van der Waals surface area contributed by atoms with Crippen molar-refractivity contribution in [2.24, 2.45) is 0 Å². The molecule has 146 valence electrons. The first kappa shape index (κ1) is 19.2. The highest BCUT2D eigenvalue weighted by Gasteiger charge is 2.41. The molecule has 1 aliphatic heterocycles. The van der Waals surface area contributed by atoms with E-state index in [0.717, 1.165) is 25.2 Å². The summed E-state index contributed by atoms with van der Waals surface area (Å²) in [5.74, 6) is 0.185. The first-order chi connectivity index (χ1) is 12.9. The lowest BCUT2D eigenvalue weighted by Crippen LogP contribution is -2.55. The molecule has 1 aromatic heterocycles. The highest BCUT2D eigenvalue weighted by molar-refractivity contribution is 5.84. The Hall–Kier alpha value is -2.55. The largest absolute Gasteiger partial charge is 0.492 e. The zero-order valence-corrected chi connectivity index (χ0v) is 14.6. The number of benzene rings is 1. The van der Waals surface area contributed by atoms with Crippen LogP contribution in [0.1, 0.15) is 18.4 Å². The molecular weight excluding hydrogens is 361 g/mol. The van der Waals surface area contributed by atoms with Crippen LogP contribution in [0.4, 0.5) is 13.2 Å². The maximum atomic E-state index is 12.8. The van der Waals surface area contributed by atoms with Gasteiger partial charge in [0.25, 0.3) is 0 Å². The number of ether oxygens (including phenoxy) is 1. The van der Waals surface area contributed by atoms with E-state index in [-0.39, 0.29) is 19.1 Å². The fraction of sp³-hybridized carbons (Fsp3) is 0.444. The van der Waals surface area contributed by atoms with Gasteiger partial charge < -0.3 is 15.4 Å². The standard InChI is InChI=1S/C18H21F3N4O2/c19-18(20,21)14-2-4-15(5-3-14)27-13-11-23-16(26)17(6-9-22-10-7-17)25-12-1-8-24-25/h1-5,8,12,22H,6-7,9-11,13H2,(H,23,26). The summed E-state index contributed by atoms with van der Waals surface area (Å²) in [6.45, 7) is 1.84. The Morgan fingerprint density at radius 3 is 2.56 bits per heavy atom. The minimum Gasteiger partial charge on any atom is -0.492 e. The summed E-state index contributed by atoms with van der Waals surface area (Å²) in [6.07, 6.45) is 0.303. The van der Waals surface area contributed by atoms with Crippen LogP contribution in [-0.4, -0.2) is 41.9 Å². The summed E-state index contributed by atoms with van der Waals surface area (Å²) in [6, 6.07) is 6.25. The minimum absolute atomic E-state index is 0.135. The number of carbonyl (C=O) groups is 1. The molecule has 1 saturated heterocycles. The molecule has 27 heavy (non-hydrogen) atoms. The van der Waals surface area contributed by atoms with Gasteiger partial charge in [0.05, 0.1) is 12.1 Å². The summed E-state index contributed by atoms with van der Waals surface area (Å²) in [7, 11) is 0. The van der Waals surface area contributed by atoms with E-state index in [2.05, 4.69) is 15.7 Å². The van der Waals surface area contributed by atoms with Gasteiger partial charge in [0.15, 0.2) is 0 Å². The number of nitrogens with zero attached hydrogens (tertiary/aromatic N) is 2. The number of nitrogens with one attached hydrogen (secondary N) is 2. The van der Waals surface area contributed by atoms with E-state index >= 15 is 0 Å². The molecule has 2 aromatic rings. The fourth-order valence-corrected chi connectivity index (χ4v) is 3.16. The molecule has 3 rings (SSSR count).